The van der Waals surface area contributed by atoms with Crippen LogP contribution < -0.4 is 0 Å². The normalized spacial score (nSPS) is 12.1. The molecule has 0 atom stereocenters. The molecule has 4 heteroatoms. The Bertz CT molecular complexity index is 633. The first-order valence-corrected chi connectivity index (χ1v) is 11.7. The van der Waals surface area contributed by atoms with Gasteiger partial charge in [0.1, 0.15) is 0 Å². The van der Waals surface area contributed by atoms with Crippen LogP contribution in [0, 0.1) is 19.8 Å². The molecule has 0 unspecified atom stereocenters. The van der Waals surface area contributed by atoms with Gasteiger partial charge in [0.15, 0.2) is 0 Å². The van der Waals surface area contributed by atoms with E-state index in [0.717, 1.165) is 41.9 Å². The second-order valence-corrected chi connectivity index (χ2v) is 9.35. The lowest BCUT2D eigenvalue weighted by atomic mass is 10.0. The van der Waals surface area contributed by atoms with Crippen molar-refractivity contribution in [3.8, 4) is 0 Å². The van der Waals surface area contributed by atoms with Gasteiger partial charge in [-0.1, -0.05) is 71.8 Å². The highest BCUT2D eigenvalue weighted by Gasteiger charge is 2.20. The SMILES string of the molecule is CCc1c(S(=O)(=O)OCCCCCCCCCC(C)C)ccc(C)c1C. The van der Waals surface area contributed by atoms with Gasteiger partial charge in [0.25, 0.3) is 10.1 Å². The maximum Gasteiger partial charge on any atom is 0.297 e. The Hall–Kier alpha value is -0.870. The molecule has 0 aliphatic rings. The molecule has 0 saturated heterocycles. The molecular formula is C22H38O3S. The molecule has 1 rings (SSSR count). The van der Waals surface area contributed by atoms with E-state index in [2.05, 4.69) is 13.8 Å². The molecule has 0 saturated carbocycles. The van der Waals surface area contributed by atoms with E-state index in [1.54, 1.807) is 6.07 Å². The van der Waals surface area contributed by atoms with E-state index in [1.807, 2.05) is 26.8 Å². The molecule has 0 aromatic heterocycles. The summed E-state index contributed by atoms with van der Waals surface area (Å²) in [5.74, 6) is 0.805. The van der Waals surface area contributed by atoms with Crippen LogP contribution in [0.1, 0.15) is 88.8 Å². The molecule has 0 aliphatic heterocycles. The van der Waals surface area contributed by atoms with Crippen molar-refractivity contribution >= 4 is 10.1 Å². The van der Waals surface area contributed by atoms with Crippen molar-refractivity contribution in [2.45, 2.75) is 97.3 Å². The zero-order valence-electron chi connectivity index (χ0n) is 17.4. The first-order chi connectivity index (χ1) is 12.3. The average molecular weight is 383 g/mol. The topological polar surface area (TPSA) is 43.4 Å². The molecule has 0 aliphatic carbocycles. The van der Waals surface area contributed by atoms with Crippen LogP contribution >= 0.6 is 0 Å². The lowest BCUT2D eigenvalue weighted by molar-refractivity contribution is 0.305. The number of aryl methyl sites for hydroxylation is 1. The van der Waals surface area contributed by atoms with Crippen molar-refractivity contribution in [2.75, 3.05) is 6.61 Å². The fourth-order valence-corrected chi connectivity index (χ4v) is 4.59. The Morgan fingerprint density at radius 1 is 0.923 bits per heavy atom. The first-order valence-electron chi connectivity index (χ1n) is 10.3. The third-order valence-corrected chi connectivity index (χ3v) is 6.51. The lowest BCUT2D eigenvalue weighted by Crippen LogP contribution is -2.11. The van der Waals surface area contributed by atoms with Crippen LogP contribution in [0.4, 0.5) is 0 Å². The smallest absolute Gasteiger partial charge is 0.266 e. The average Bonchev–Trinajstić information content (AvgIpc) is 2.58. The van der Waals surface area contributed by atoms with Gasteiger partial charge >= 0.3 is 0 Å². The number of rotatable bonds is 13. The van der Waals surface area contributed by atoms with Crippen molar-refractivity contribution in [1.82, 2.24) is 0 Å². The quantitative estimate of drug-likeness (QED) is 0.295. The summed E-state index contributed by atoms with van der Waals surface area (Å²) in [6.07, 6.45) is 10.2. The van der Waals surface area contributed by atoms with Crippen molar-refractivity contribution in [3.63, 3.8) is 0 Å². The Labute approximate surface area is 161 Å². The fraction of sp³-hybridized carbons (Fsp3) is 0.727. The molecule has 1 aromatic carbocycles. The second kappa shape index (κ2) is 11.8. The molecule has 0 radical (unpaired) electrons. The predicted octanol–water partition coefficient (Wildman–Crippen LogP) is 6.35. The summed E-state index contributed by atoms with van der Waals surface area (Å²) >= 11 is 0. The second-order valence-electron chi connectivity index (χ2n) is 7.77. The van der Waals surface area contributed by atoms with Gasteiger partial charge in [0.2, 0.25) is 0 Å². The minimum Gasteiger partial charge on any atom is -0.266 e. The number of unbranched alkanes of at least 4 members (excludes halogenated alkanes) is 6. The van der Waals surface area contributed by atoms with Gasteiger partial charge in [-0.15, -0.1) is 0 Å². The summed E-state index contributed by atoms with van der Waals surface area (Å²) in [5.41, 5.74) is 3.05. The van der Waals surface area contributed by atoms with E-state index < -0.39 is 10.1 Å². The largest absolute Gasteiger partial charge is 0.297 e. The molecule has 1 aromatic rings. The predicted molar refractivity (Wildman–Crippen MR) is 110 cm³/mol. The van der Waals surface area contributed by atoms with E-state index >= 15 is 0 Å². The summed E-state index contributed by atoms with van der Waals surface area (Å²) in [6, 6.07) is 3.55. The summed E-state index contributed by atoms with van der Waals surface area (Å²) in [6.45, 7) is 10.8. The molecule has 3 nitrogen and oxygen atoms in total. The Kier molecular flexibility index (Phi) is 10.5. The molecule has 0 fully saturated rings. The van der Waals surface area contributed by atoms with E-state index in [9.17, 15) is 8.42 Å². The summed E-state index contributed by atoms with van der Waals surface area (Å²) in [7, 11) is -3.66. The van der Waals surface area contributed by atoms with Crippen LogP contribution in [-0.2, 0) is 20.7 Å². The van der Waals surface area contributed by atoms with Crippen molar-refractivity contribution in [1.29, 1.82) is 0 Å². The van der Waals surface area contributed by atoms with Gasteiger partial charge in [0.05, 0.1) is 11.5 Å². The molecule has 0 amide bonds. The van der Waals surface area contributed by atoms with Crippen LogP contribution in [0.25, 0.3) is 0 Å². The van der Waals surface area contributed by atoms with Crippen LogP contribution in [0.3, 0.4) is 0 Å². The molecule has 26 heavy (non-hydrogen) atoms. The van der Waals surface area contributed by atoms with Gasteiger partial charge in [-0.3, -0.25) is 4.18 Å². The van der Waals surface area contributed by atoms with Crippen molar-refractivity contribution in [3.05, 3.63) is 28.8 Å². The van der Waals surface area contributed by atoms with E-state index in [1.165, 1.54) is 32.1 Å². The third-order valence-electron chi connectivity index (χ3n) is 5.11. The minimum atomic E-state index is -3.66. The highest BCUT2D eigenvalue weighted by molar-refractivity contribution is 7.86. The minimum absolute atomic E-state index is 0.283. The van der Waals surface area contributed by atoms with Crippen molar-refractivity contribution in [2.24, 2.45) is 5.92 Å². The molecule has 150 valence electrons. The maximum atomic E-state index is 12.5. The summed E-state index contributed by atoms with van der Waals surface area (Å²) in [4.78, 5) is 0.341. The van der Waals surface area contributed by atoms with Gasteiger partial charge in [-0.25, -0.2) is 0 Å². The monoisotopic (exact) mass is 382 g/mol. The zero-order valence-corrected chi connectivity index (χ0v) is 18.3. The standard InChI is InChI=1S/C22H38O3S/c1-6-21-20(5)19(4)15-16-22(21)26(23,24)25-17-13-11-9-7-8-10-12-14-18(2)3/h15-16,18H,6-14,17H2,1-5H3. The first kappa shape index (κ1) is 23.2. The van der Waals surface area contributed by atoms with Crippen LogP contribution in [0.2, 0.25) is 0 Å². The highest BCUT2D eigenvalue weighted by atomic mass is 32.2. The van der Waals surface area contributed by atoms with Crippen LogP contribution in [0.15, 0.2) is 17.0 Å². The van der Waals surface area contributed by atoms with E-state index in [-0.39, 0.29) is 6.61 Å². The summed E-state index contributed by atoms with van der Waals surface area (Å²) < 4.78 is 30.3. The fourth-order valence-electron chi connectivity index (χ4n) is 3.29. The number of hydrogen-bond donors (Lipinski definition) is 0. The van der Waals surface area contributed by atoms with Gasteiger partial charge < -0.3 is 0 Å². The summed E-state index contributed by atoms with van der Waals surface area (Å²) in [5, 5.41) is 0. The van der Waals surface area contributed by atoms with Crippen LogP contribution in [-0.4, -0.2) is 15.0 Å². The highest BCUT2D eigenvalue weighted by Crippen LogP contribution is 2.24. The Morgan fingerprint density at radius 2 is 1.50 bits per heavy atom. The maximum absolute atomic E-state index is 12.5. The molecule has 0 bridgehead atoms. The number of hydrogen-bond acceptors (Lipinski definition) is 3. The van der Waals surface area contributed by atoms with E-state index in [0.29, 0.717) is 11.3 Å². The number of benzene rings is 1. The Morgan fingerprint density at radius 3 is 2.08 bits per heavy atom. The van der Waals surface area contributed by atoms with Crippen LogP contribution in [0.5, 0.6) is 0 Å². The van der Waals surface area contributed by atoms with Gasteiger partial charge in [-0.2, -0.15) is 8.42 Å². The molecule has 0 N–H and O–H groups in total. The molecular weight excluding hydrogens is 344 g/mol. The molecule has 0 heterocycles. The lowest BCUT2D eigenvalue weighted by Gasteiger charge is -2.14. The van der Waals surface area contributed by atoms with E-state index in [4.69, 9.17) is 4.18 Å². The molecule has 0 spiro atoms. The van der Waals surface area contributed by atoms with Crippen molar-refractivity contribution < 1.29 is 12.6 Å². The van der Waals surface area contributed by atoms with Gasteiger partial charge in [-0.05, 0) is 55.4 Å². The third kappa shape index (κ3) is 7.79. The Balaban J connectivity index is 2.32. The van der Waals surface area contributed by atoms with Gasteiger partial charge in [0, 0.05) is 0 Å². The zero-order chi connectivity index (χ0) is 19.6.